The van der Waals surface area contributed by atoms with Gasteiger partial charge in [0.05, 0.1) is 0 Å². The lowest BCUT2D eigenvalue weighted by atomic mass is 10.2. The normalized spacial score (nSPS) is 11.1. The summed E-state index contributed by atoms with van der Waals surface area (Å²) in [4.78, 5) is 12.4. The van der Waals surface area contributed by atoms with Crippen LogP contribution in [0.2, 0.25) is 0 Å². The maximum absolute atomic E-state index is 12.4. The van der Waals surface area contributed by atoms with Crippen molar-refractivity contribution in [1.82, 2.24) is 9.13 Å². The molecule has 3 nitrogen and oxygen atoms in total. The third-order valence-electron chi connectivity index (χ3n) is 3.35. The van der Waals surface area contributed by atoms with Crippen LogP contribution in [0.1, 0.15) is 5.56 Å². The Bertz CT molecular complexity index is 830. The van der Waals surface area contributed by atoms with Gasteiger partial charge in [-0.2, -0.15) is 0 Å². The smallest absolute Gasteiger partial charge is 0.275 e. The molecule has 19 heavy (non-hydrogen) atoms. The monoisotopic (exact) mass is 316 g/mol. The van der Waals surface area contributed by atoms with Gasteiger partial charge >= 0.3 is 0 Å². The number of fused-ring (bicyclic) bond motifs is 1. The lowest BCUT2D eigenvalue weighted by molar-refractivity contribution is 0.860. The fourth-order valence-corrected chi connectivity index (χ4v) is 2.97. The van der Waals surface area contributed by atoms with Crippen LogP contribution in [-0.2, 0) is 7.05 Å². The van der Waals surface area contributed by atoms with Gasteiger partial charge in [0.2, 0.25) is 0 Å². The van der Waals surface area contributed by atoms with Gasteiger partial charge in [-0.25, -0.2) is 0 Å². The summed E-state index contributed by atoms with van der Waals surface area (Å²) in [7, 11) is 1.77. The van der Waals surface area contributed by atoms with Crippen molar-refractivity contribution in [3.05, 3.63) is 63.1 Å². The molecule has 0 radical (unpaired) electrons. The summed E-state index contributed by atoms with van der Waals surface area (Å²) in [6, 6.07) is 10.0. The highest BCUT2D eigenvalue weighted by Gasteiger charge is 2.12. The highest BCUT2D eigenvalue weighted by molar-refractivity contribution is 9.10. The van der Waals surface area contributed by atoms with Crippen molar-refractivity contribution in [3.63, 3.8) is 0 Å². The molecule has 3 rings (SSSR count). The van der Waals surface area contributed by atoms with E-state index in [0.29, 0.717) is 5.52 Å². The van der Waals surface area contributed by atoms with Crippen molar-refractivity contribution in [3.8, 4) is 5.69 Å². The topological polar surface area (TPSA) is 26.9 Å². The zero-order chi connectivity index (χ0) is 13.6. The minimum atomic E-state index is 0.00598. The van der Waals surface area contributed by atoms with Crippen LogP contribution < -0.4 is 5.56 Å². The molecule has 2 aromatic heterocycles. The predicted octanol–water partition coefficient (Wildman–Crippen LogP) is 3.40. The molecular weight excluding hydrogens is 304 g/mol. The number of halogens is 1. The summed E-state index contributed by atoms with van der Waals surface area (Å²) >= 11 is 3.51. The average Bonchev–Trinajstić information content (AvgIpc) is 2.82. The summed E-state index contributed by atoms with van der Waals surface area (Å²) in [6.07, 6.45) is 3.74. The van der Waals surface area contributed by atoms with Crippen molar-refractivity contribution in [1.29, 1.82) is 0 Å². The van der Waals surface area contributed by atoms with Gasteiger partial charge in [0.1, 0.15) is 5.52 Å². The Morgan fingerprint density at radius 3 is 2.63 bits per heavy atom. The highest BCUT2D eigenvalue weighted by atomic mass is 79.9. The Morgan fingerprint density at radius 1 is 1.16 bits per heavy atom. The van der Waals surface area contributed by atoms with E-state index in [4.69, 9.17) is 0 Å². The third-order valence-corrected chi connectivity index (χ3v) is 3.98. The van der Waals surface area contributed by atoms with Gasteiger partial charge < -0.3 is 9.13 Å². The van der Waals surface area contributed by atoms with E-state index in [-0.39, 0.29) is 5.56 Å². The fourth-order valence-electron chi connectivity index (χ4n) is 2.34. The minimum absolute atomic E-state index is 0.00598. The quantitative estimate of drug-likeness (QED) is 0.676. The number of para-hydroxylation sites is 1. The molecule has 0 atom stereocenters. The molecule has 96 valence electrons. The zero-order valence-electron chi connectivity index (χ0n) is 10.7. The summed E-state index contributed by atoms with van der Waals surface area (Å²) in [5.41, 5.74) is 2.88. The molecule has 0 aliphatic carbocycles. The summed E-state index contributed by atoms with van der Waals surface area (Å²) in [5, 5.41) is 0.936. The van der Waals surface area contributed by atoms with Crippen LogP contribution in [-0.4, -0.2) is 9.13 Å². The SMILES string of the molecule is Cc1ccccc1-n1ccc2c(Br)cn(C)c(=O)c21. The Hall–Kier alpha value is -1.81. The first kappa shape index (κ1) is 12.2. The summed E-state index contributed by atoms with van der Waals surface area (Å²) < 4.78 is 4.48. The van der Waals surface area contributed by atoms with Crippen molar-refractivity contribution >= 4 is 26.8 Å². The number of nitrogens with zero attached hydrogens (tertiary/aromatic N) is 2. The predicted molar refractivity (Wildman–Crippen MR) is 81.0 cm³/mol. The van der Waals surface area contributed by atoms with Crippen LogP contribution in [0, 0.1) is 6.92 Å². The van der Waals surface area contributed by atoms with E-state index in [1.807, 2.05) is 48.0 Å². The largest absolute Gasteiger partial charge is 0.316 e. The van der Waals surface area contributed by atoms with Crippen molar-refractivity contribution in [2.24, 2.45) is 7.05 Å². The molecule has 0 aliphatic rings. The van der Waals surface area contributed by atoms with E-state index < -0.39 is 0 Å². The molecule has 0 fully saturated rings. The standard InChI is InChI=1S/C15H13BrN2O/c1-10-5-3-4-6-13(10)18-8-7-11-12(16)9-17(2)15(19)14(11)18/h3-9H,1-2H3. The molecule has 0 spiro atoms. The molecule has 4 heteroatoms. The molecule has 1 aromatic carbocycles. The number of rotatable bonds is 1. The van der Waals surface area contributed by atoms with Crippen LogP contribution in [0.3, 0.4) is 0 Å². The maximum Gasteiger partial charge on any atom is 0.275 e. The molecule has 0 saturated heterocycles. The first-order valence-electron chi connectivity index (χ1n) is 6.02. The van der Waals surface area contributed by atoms with E-state index >= 15 is 0 Å². The zero-order valence-corrected chi connectivity index (χ0v) is 12.3. The van der Waals surface area contributed by atoms with Gasteiger partial charge in [0, 0.05) is 35.0 Å². The molecule has 0 aliphatic heterocycles. The van der Waals surface area contributed by atoms with E-state index in [1.54, 1.807) is 17.8 Å². The number of aryl methyl sites for hydroxylation is 2. The number of hydrogen-bond acceptors (Lipinski definition) is 1. The average molecular weight is 317 g/mol. The lowest BCUT2D eigenvalue weighted by Crippen LogP contribution is -2.18. The molecule has 2 heterocycles. The van der Waals surface area contributed by atoms with Crippen molar-refractivity contribution in [2.45, 2.75) is 6.92 Å². The molecular formula is C15H13BrN2O. The fraction of sp³-hybridized carbons (Fsp3) is 0.133. The van der Waals surface area contributed by atoms with Crippen LogP contribution in [0.4, 0.5) is 0 Å². The number of benzene rings is 1. The van der Waals surface area contributed by atoms with Gasteiger partial charge in [-0.1, -0.05) is 18.2 Å². The van der Waals surface area contributed by atoms with E-state index in [1.165, 1.54) is 0 Å². The van der Waals surface area contributed by atoms with Crippen molar-refractivity contribution in [2.75, 3.05) is 0 Å². The summed E-state index contributed by atoms with van der Waals surface area (Å²) in [6.45, 7) is 2.05. The first-order valence-corrected chi connectivity index (χ1v) is 6.81. The Balaban J connectivity index is 2.45. The molecule has 0 saturated carbocycles. The second-order valence-electron chi connectivity index (χ2n) is 4.63. The lowest BCUT2D eigenvalue weighted by Gasteiger charge is -2.09. The Kier molecular flexibility index (Phi) is 2.82. The Morgan fingerprint density at radius 2 is 1.89 bits per heavy atom. The third kappa shape index (κ3) is 1.83. The Labute approximate surface area is 119 Å². The van der Waals surface area contributed by atoms with Crippen LogP contribution in [0.5, 0.6) is 0 Å². The van der Waals surface area contributed by atoms with Crippen LogP contribution in [0.25, 0.3) is 16.6 Å². The molecule has 3 aromatic rings. The van der Waals surface area contributed by atoms with Crippen LogP contribution >= 0.6 is 15.9 Å². The van der Waals surface area contributed by atoms with Gasteiger partial charge in [-0.3, -0.25) is 4.79 Å². The minimum Gasteiger partial charge on any atom is -0.316 e. The van der Waals surface area contributed by atoms with E-state index in [0.717, 1.165) is 21.1 Å². The van der Waals surface area contributed by atoms with E-state index in [9.17, 15) is 4.79 Å². The molecule has 0 N–H and O–H groups in total. The maximum atomic E-state index is 12.4. The highest BCUT2D eigenvalue weighted by Crippen LogP contribution is 2.25. The summed E-state index contributed by atoms with van der Waals surface area (Å²) in [5.74, 6) is 0. The second kappa shape index (κ2) is 4.38. The molecule has 0 bridgehead atoms. The van der Waals surface area contributed by atoms with Crippen LogP contribution in [0.15, 0.2) is 52.0 Å². The number of hydrogen-bond donors (Lipinski definition) is 0. The molecule has 0 unspecified atom stereocenters. The number of pyridine rings is 1. The number of aromatic nitrogens is 2. The molecule has 0 amide bonds. The van der Waals surface area contributed by atoms with E-state index in [2.05, 4.69) is 15.9 Å². The van der Waals surface area contributed by atoms with Gasteiger partial charge in [0.25, 0.3) is 5.56 Å². The second-order valence-corrected chi connectivity index (χ2v) is 5.48. The van der Waals surface area contributed by atoms with Gasteiger partial charge in [-0.15, -0.1) is 0 Å². The van der Waals surface area contributed by atoms with Gasteiger partial charge in [-0.05, 0) is 40.5 Å². The van der Waals surface area contributed by atoms with Crippen molar-refractivity contribution < 1.29 is 0 Å². The van der Waals surface area contributed by atoms with Gasteiger partial charge in [0.15, 0.2) is 0 Å². The first-order chi connectivity index (χ1) is 9.09.